The van der Waals surface area contributed by atoms with Crippen molar-refractivity contribution in [1.82, 2.24) is 4.31 Å². The van der Waals surface area contributed by atoms with E-state index in [0.29, 0.717) is 17.4 Å². The second-order valence-electron chi connectivity index (χ2n) is 7.43. The Morgan fingerprint density at radius 3 is 2.38 bits per heavy atom. The maximum atomic E-state index is 12.9. The molecular formula is C19H27NO2SSi. The highest BCUT2D eigenvalue weighted by molar-refractivity contribution is 7.89. The maximum absolute atomic E-state index is 12.9. The highest BCUT2D eigenvalue weighted by atomic mass is 32.2. The van der Waals surface area contributed by atoms with Crippen LogP contribution in [0.15, 0.2) is 41.3 Å². The number of benzene rings is 1. The lowest BCUT2D eigenvalue weighted by Crippen LogP contribution is -2.32. The van der Waals surface area contributed by atoms with E-state index in [1.54, 1.807) is 12.1 Å². The molecule has 1 saturated carbocycles. The predicted octanol–water partition coefficient (Wildman–Crippen LogP) is 3.83. The Bertz CT molecular complexity index is 745. The Hall–Kier alpha value is -1.35. The quantitative estimate of drug-likeness (QED) is 0.439. The summed E-state index contributed by atoms with van der Waals surface area (Å²) in [5.41, 5.74) is 4.30. The van der Waals surface area contributed by atoms with Crippen LogP contribution in [0, 0.1) is 24.3 Å². The molecule has 3 nitrogen and oxygen atoms in total. The van der Waals surface area contributed by atoms with Crippen LogP contribution in [0.1, 0.15) is 18.4 Å². The fourth-order valence-electron chi connectivity index (χ4n) is 2.16. The molecule has 0 aromatic heterocycles. The molecule has 24 heavy (non-hydrogen) atoms. The largest absolute Gasteiger partial charge is 0.244 e. The molecule has 0 atom stereocenters. The van der Waals surface area contributed by atoms with E-state index in [1.165, 1.54) is 17.1 Å². The zero-order valence-corrected chi connectivity index (χ0v) is 16.9. The lowest BCUT2D eigenvalue weighted by Gasteiger charge is -2.19. The maximum Gasteiger partial charge on any atom is 0.244 e. The molecule has 130 valence electrons. The first kappa shape index (κ1) is 19.0. The molecule has 0 aliphatic heterocycles. The molecule has 2 rings (SSSR count). The van der Waals surface area contributed by atoms with Crippen LogP contribution in [0.2, 0.25) is 19.6 Å². The van der Waals surface area contributed by atoms with Gasteiger partial charge in [0.05, 0.1) is 11.4 Å². The lowest BCUT2D eigenvalue weighted by atomic mass is 10.2. The average molecular weight is 362 g/mol. The third-order valence-electron chi connectivity index (χ3n) is 3.72. The first-order valence-corrected chi connectivity index (χ1v) is 13.4. The standard InChI is InChI=1S/C19H27NO2SSi/c1-17-8-12-19(13-9-17)23(21,22)20(14-5-7-18-10-11-18)15-6-16-24(2,3)4/h5,7-9,12-13,18H,10-11,14-15H2,1-4H3/b7-5+. The number of aryl methyl sites for hydroxylation is 1. The van der Waals surface area contributed by atoms with E-state index in [-0.39, 0.29) is 6.54 Å². The Kier molecular flexibility index (Phi) is 6.08. The van der Waals surface area contributed by atoms with Gasteiger partial charge in [-0.15, -0.1) is 5.54 Å². The molecule has 0 N–H and O–H groups in total. The molecule has 0 heterocycles. The third kappa shape index (κ3) is 5.93. The first-order valence-electron chi connectivity index (χ1n) is 8.42. The van der Waals surface area contributed by atoms with Gasteiger partial charge in [-0.25, -0.2) is 8.42 Å². The van der Waals surface area contributed by atoms with Gasteiger partial charge in [0, 0.05) is 6.54 Å². The van der Waals surface area contributed by atoms with Gasteiger partial charge >= 0.3 is 0 Å². The average Bonchev–Trinajstić information content (AvgIpc) is 3.29. The molecule has 1 aromatic carbocycles. The van der Waals surface area contributed by atoms with Gasteiger partial charge in [0.25, 0.3) is 0 Å². The third-order valence-corrected chi connectivity index (χ3v) is 6.47. The van der Waals surface area contributed by atoms with Crippen molar-refractivity contribution < 1.29 is 8.42 Å². The van der Waals surface area contributed by atoms with Crippen molar-refractivity contribution in [1.29, 1.82) is 0 Å². The molecule has 0 bridgehead atoms. The molecule has 1 fully saturated rings. The minimum absolute atomic E-state index is 0.246. The van der Waals surface area contributed by atoms with E-state index in [1.807, 2.05) is 25.1 Å². The van der Waals surface area contributed by atoms with Crippen LogP contribution in [0.5, 0.6) is 0 Å². The van der Waals surface area contributed by atoms with Crippen LogP contribution >= 0.6 is 0 Å². The van der Waals surface area contributed by atoms with Crippen LogP contribution in [0.25, 0.3) is 0 Å². The Morgan fingerprint density at radius 1 is 1.21 bits per heavy atom. The number of rotatable bonds is 6. The number of allylic oxidation sites excluding steroid dienone is 1. The van der Waals surface area contributed by atoms with Crippen molar-refractivity contribution in [2.45, 2.75) is 44.3 Å². The normalized spacial score (nSPS) is 15.5. The Balaban J connectivity index is 2.21. The summed E-state index contributed by atoms with van der Waals surface area (Å²) < 4.78 is 27.3. The molecule has 0 spiro atoms. The van der Waals surface area contributed by atoms with E-state index in [9.17, 15) is 8.42 Å². The van der Waals surface area contributed by atoms with E-state index in [4.69, 9.17) is 0 Å². The summed E-state index contributed by atoms with van der Waals surface area (Å²) >= 11 is 0. The summed E-state index contributed by atoms with van der Waals surface area (Å²) in [6, 6.07) is 7.01. The molecule has 1 aromatic rings. The fraction of sp³-hybridized carbons (Fsp3) is 0.474. The van der Waals surface area contributed by atoms with Crippen molar-refractivity contribution >= 4 is 18.1 Å². The highest BCUT2D eigenvalue weighted by Crippen LogP contribution is 2.30. The minimum Gasteiger partial charge on any atom is -0.207 e. The molecule has 0 amide bonds. The fourth-order valence-corrected chi connectivity index (χ4v) is 4.06. The Labute approximate surface area is 147 Å². The SMILES string of the molecule is Cc1ccc(S(=O)(=O)N(CC#C[Si](C)(C)C)C/C=C/C2CC2)cc1. The summed E-state index contributed by atoms with van der Waals surface area (Å²) in [6.07, 6.45) is 6.54. The van der Waals surface area contributed by atoms with Crippen molar-refractivity contribution in [3.8, 4) is 11.5 Å². The van der Waals surface area contributed by atoms with Crippen LogP contribution in [-0.4, -0.2) is 33.9 Å². The summed E-state index contributed by atoms with van der Waals surface area (Å²) in [4.78, 5) is 0.336. The minimum atomic E-state index is -3.52. The number of sulfonamides is 1. The molecule has 0 unspecified atom stereocenters. The van der Waals surface area contributed by atoms with Gasteiger partial charge in [-0.2, -0.15) is 4.31 Å². The Morgan fingerprint density at radius 2 is 1.83 bits per heavy atom. The van der Waals surface area contributed by atoms with Crippen LogP contribution in [-0.2, 0) is 10.0 Å². The zero-order chi connectivity index (χ0) is 17.8. The van der Waals surface area contributed by atoms with Crippen LogP contribution < -0.4 is 0 Å². The lowest BCUT2D eigenvalue weighted by molar-refractivity contribution is 0.477. The first-order chi connectivity index (χ1) is 11.2. The number of nitrogens with zero attached hydrogens (tertiary/aromatic N) is 1. The summed E-state index contributed by atoms with van der Waals surface area (Å²) in [5, 5.41) is 0. The molecule has 1 aliphatic rings. The van der Waals surface area contributed by atoms with Crippen molar-refractivity contribution in [3.05, 3.63) is 42.0 Å². The highest BCUT2D eigenvalue weighted by Gasteiger charge is 2.23. The molecule has 1 aliphatic carbocycles. The molecule has 0 saturated heterocycles. The number of hydrogen-bond donors (Lipinski definition) is 0. The van der Waals surface area contributed by atoms with Crippen LogP contribution in [0.3, 0.4) is 0 Å². The van der Waals surface area contributed by atoms with Gasteiger partial charge in [-0.05, 0) is 37.8 Å². The van der Waals surface area contributed by atoms with Crippen molar-refractivity contribution in [2.24, 2.45) is 5.92 Å². The monoisotopic (exact) mass is 361 g/mol. The summed E-state index contributed by atoms with van der Waals surface area (Å²) in [7, 11) is -5.03. The predicted molar refractivity (Wildman–Crippen MR) is 103 cm³/mol. The van der Waals surface area contributed by atoms with E-state index >= 15 is 0 Å². The topological polar surface area (TPSA) is 37.4 Å². The van der Waals surface area contributed by atoms with Gasteiger partial charge in [0.1, 0.15) is 8.07 Å². The van der Waals surface area contributed by atoms with Gasteiger partial charge in [0.2, 0.25) is 10.0 Å². The summed E-state index contributed by atoms with van der Waals surface area (Å²) in [6.45, 7) is 9.05. The second kappa shape index (κ2) is 7.69. The van der Waals surface area contributed by atoms with Gasteiger partial charge in [0.15, 0.2) is 0 Å². The van der Waals surface area contributed by atoms with Gasteiger partial charge < -0.3 is 0 Å². The van der Waals surface area contributed by atoms with Gasteiger partial charge in [-0.3, -0.25) is 0 Å². The summed E-state index contributed by atoms with van der Waals surface area (Å²) in [5.74, 6) is 3.73. The van der Waals surface area contributed by atoms with E-state index < -0.39 is 18.1 Å². The number of hydrogen-bond acceptors (Lipinski definition) is 2. The molecule has 5 heteroatoms. The smallest absolute Gasteiger partial charge is 0.207 e. The van der Waals surface area contributed by atoms with E-state index in [2.05, 4.69) is 37.2 Å². The van der Waals surface area contributed by atoms with E-state index in [0.717, 1.165) is 5.56 Å². The van der Waals surface area contributed by atoms with Crippen LogP contribution in [0.4, 0.5) is 0 Å². The zero-order valence-electron chi connectivity index (χ0n) is 15.0. The van der Waals surface area contributed by atoms with Gasteiger partial charge in [-0.1, -0.05) is 55.4 Å². The molecule has 0 radical (unpaired) electrons. The molecular weight excluding hydrogens is 334 g/mol. The van der Waals surface area contributed by atoms with Crippen molar-refractivity contribution in [2.75, 3.05) is 13.1 Å². The van der Waals surface area contributed by atoms with Crippen molar-refractivity contribution in [3.63, 3.8) is 0 Å². The second-order valence-corrected chi connectivity index (χ2v) is 14.1.